The lowest BCUT2D eigenvalue weighted by Gasteiger charge is -2.29. The molecule has 4 nitrogen and oxygen atoms in total. The zero-order valence-corrected chi connectivity index (χ0v) is 11.0. The molecule has 1 saturated carbocycles. The second kappa shape index (κ2) is 6.17. The standard InChI is InChI=1S/C15H21NO3/c17-11-15(8-4-5-9-15)16-10-13(14(18)19)12-6-2-1-3-7-12/h1-3,6-7,13,16-17H,4-5,8-11H2,(H,18,19). The van der Waals surface area contributed by atoms with E-state index in [1.54, 1.807) is 0 Å². The van der Waals surface area contributed by atoms with Gasteiger partial charge in [-0.25, -0.2) is 0 Å². The van der Waals surface area contributed by atoms with Crippen molar-refractivity contribution in [1.82, 2.24) is 5.32 Å². The van der Waals surface area contributed by atoms with Crippen LogP contribution in [0.3, 0.4) is 0 Å². The summed E-state index contributed by atoms with van der Waals surface area (Å²) in [5.41, 5.74) is 0.524. The first-order valence-electron chi connectivity index (χ1n) is 6.80. The summed E-state index contributed by atoms with van der Waals surface area (Å²) in [5.74, 6) is -1.39. The van der Waals surface area contributed by atoms with Crippen molar-refractivity contribution in [2.45, 2.75) is 37.1 Å². The van der Waals surface area contributed by atoms with Gasteiger partial charge in [0.2, 0.25) is 0 Å². The highest BCUT2D eigenvalue weighted by Gasteiger charge is 2.34. The van der Waals surface area contributed by atoms with Crippen molar-refractivity contribution in [3.63, 3.8) is 0 Å². The van der Waals surface area contributed by atoms with Crippen LogP contribution in [0.4, 0.5) is 0 Å². The van der Waals surface area contributed by atoms with E-state index in [2.05, 4.69) is 5.32 Å². The molecule has 0 aromatic heterocycles. The van der Waals surface area contributed by atoms with Crippen molar-refractivity contribution in [2.24, 2.45) is 0 Å². The van der Waals surface area contributed by atoms with Crippen LogP contribution in [0.5, 0.6) is 0 Å². The molecule has 0 heterocycles. The smallest absolute Gasteiger partial charge is 0.312 e. The average Bonchev–Trinajstić information content (AvgIpc) is 2.89. The molecule has 19 heavy (non-hydrogen) atoms. The van der Waals surface area contributed by atoms with Gasteiger partial charge in [-0.2, -0.15) is 0 Å². The van der Waals surface area contributed by atoms with Gasteiger partial charge in [-0.15, -0.1) is 0 Å². The minimum absolute atomic E-state index is 0.0775. The second-order valence-electron chi connectivity index (χ2n) is 5.33. The molecule has 0 saturated heterocycles. The normalized spacial score (nSPS) is 19.2. The van der Waals surface area contributed by atoms with Gasteiger partial charge < -0.3 is 15.5 Å². The zero-order valence-electron chi connectivity index (χ0n) is 11.0. The third kappa shape index (κ3) is 3.33. The van der Waals surface area contributed by atoms with Gasteiger partial charge in [0.25, 0.3) is 0 Å². The number of carboxylic acids is 1. The van der Waals surface area contributed by atoms with Gasteiger partial charge in [-0.05, 0) is 18.4 Å². The van der Waals surface area contributed by atoms with Gasteiger partial charge in [0.15, 0.2) is 0 Å². The molecule has 1 atom stereocenters. The summed E-state index contributed by atoms with van der Waals surface area (Å²) >= 11 is 0. The maximum Gasteiger partial charge on any atom is 0.312 e. The lowest BCUT2D eigenvalue weighted by atomic mass is 9.94. The Kier molecular flexibility index (Phi) is 4.56. The maximum atomic E-state index is 11.4. The number of hydrogen-bond acceptors (Lipinski definition) is 3. The topological polar surface area (TPSA) is 69.6 Å². The average molecular weight is 263 g/mol. The van der Waals surface area contributed by atoms with Crippen LogP contribution in [0.15, 0.2) is 30.3 Å². The van der Waals surface area contributed by atoms with E-state index in [0.717, 1.165) is 31.2 Å². The van der Waals surface area contributed by atoms with E-state index in [-0.39, 0.29) is 12.1 Å². The number of carbonyl (C=O) groups is 1. The molecule has 3 N–H and O–H groups in total. The largest absolute Gasteiger partial charge is 0.481 e. The van der Waals surface area contributed by atoms with Crippen LogP contribution >= 0.6 is 0 Å². The molecule has 104 valence electrons. The van der Waals surface area contributed by atoms with E-state index in [1.165, 1.54) is 0 Å². The lowest BCUT2D eigenvalue weighted by Crippen LogP contribution is -2.48. The Balaban J connectivity index is 2.04. The number of rotatable bonds is 6. The van der Waals surface area contributed by atoms with Crippen LogP contribution in [-0.2, 0) is 4.79 Å². The molecule has 0 radical (unpaired) electrons. The molecule has 1 aromatic rings. The highest BCUT2D eigenvalue weighted by atomic mass is 16.4. The Morgan fingerprint density at radius 3 is 2.42 bits per heavy atom. The zero-order chi connectivity index (χ0) is 13.7. The van der Waals surface area contributed by atoms with Crippen LogP contribution in [-0.4, -0.2) is 34.9 Å². The van der Waals surface area contributed by atoms with Crippen LogP contribution in [0, 0.1) is 0 Å². The highest BCUT2D eigenvalue weighted by Crippen LogP contribution is 2.29. The van der Waals surface area contributed by atoms with Crippen molar-refractivity contribution in [2.75, 3.05) is 13.2 Å². The first-order chi connectivity index (χ1) is 9.17. The van der Waals surface area contributed by atoms with Gasteiger partial charge in [-0.1, -0.05) is 43.2 Å². The third-order valence-corrected chi connectivity index (χ3v) is 4.04. The van der Waals surface area contributed by atoms with Crippen molar-refractivity contribution >= 4 is 5.97 Å². The Morgan fingerprint density at radius 1 is 1.26 bits per heavy atom. The number of carboxylic acid groups (broad SMARTS) is 1. The lowest BCUT2D eigenvalue weighted by molar-refractivity contribution is -0.138. The van der Waals surface area contributed by atoms with E-state index < -0.39 is 11.9 Å². The number of hydrogen-bond donors (Lipinski definition) is 3. The Bertz CT molecular complexity index is 413. The SMILES string of the molecule is O=C(O)C(CNC1(CO)CCCC1)c1ccccc1. The molecule has 1 fully saturated rings. The van der Waals surface area contributed by atoms with Crippen LogP contribution in [0.1, 0.15) is 37.2 Å². The summed E-state index contributed by atoms with van der Waals surface area (Å²) in [6, 6.07) is 9.24. The van der Waals surface area contributed by atoms with Gasteiger partial charge >= 0.3 is 5.97 Å². The van der Waals surface area contributed by atoms with Crippen LogP contribution in [0.25, 0.3) is 0 Å². The van der Waals surface area contributed by atoms with Crippen LogP contribution < -0.4 is 5.32 Å². The Morgan fingerprint density at radius 2 is 1.89 bits per heavy atom. The van der Waals surface area contributed by atoms with E-state index in [0.29, 0.717) is 6.54 Å². The quantitative estimate of drug-likeness (QED) is 0.731. The fourth-order valence-corrected chi connectivity index (χ4v) is 2.79. The van der Waals surface area contributed by atoms with Gasteiger partial charge in [0.05, 0.1) is 12.5 Å². The fourth-order valence-electron chi connectivity index (χ4n) is 2.79. The van der Waals surface area contributed by atoms with Crippen molar-refractivity contribution in [3.05, 3.63) is 35.9 Å². The molecule has 1 aromatic carbocycles. The molecule has 1 aliphatic rings. The Hall–Kier alpha value is -1.39. The molecule has 0 spiro atoms. The second-order valence-corrected chi connectivity index (χ2v) is 5.33. The number of aliphatic carboxylic acids is 1. The minimum atomic E-state index is -0.829. The fraction of sp³-hybridized carbons (Fsp3) is 0.533. The van der Waals surface area contributed by atoms with Gasteiger partial charge in [0.1, 0.15) is 0 Å². The van der Waals surface area contributed by atoms with Crippen molar-refractivity contribution in [3.8, 4) is 0 Å². The summed E-state index contributed by atoms with van der Waals surface area (Å²) in [6.07, 6.45) is 4.03. The number of benzene rings is 1. The predicted octanol–water partition coefficient (Wildman–Crippen LogP) is 1.75. The summed E-state index contributed by atoms with van der Waals surface area (Å²) in [7, 11) is 0. The number of nitrogens with one attached hydrogen (secondary N) is 1. The molecule has 2 rings (SSSR count). The molecule has 0 bridgehead atoms. The van der Waals surface area contributed by atoms with E-state index in [1.807, 2.05) is 30.3 Å². The molecule has 4 heteroatoms. The summed E-state index contributed by atoms with van der Waals surface area (Å²) < 4.78 is 0. The van der Waals surface area contributed by atoms with E-state index in [4.69, 9.17) is 0 Å². The predicted molar refractivity (Wildman–Crippen MR) is 73.1 cm³/mol. The van der Waals surface area contributed by atoms with E-state index >= 15 is 0 Å². The summed E-state index contributed by atoms with van der Waals surface area (Å²) in [4.78, 5) is 11.4. The van der Waals surface area contributed by atoms with E-state index in [9.17, 15) is 15.0 Å². The molecule has 1 aliphatic carbocycles. The molecular weight excluding hydrogens is 242 g/mol. The molecule has 1 unspecified atom stereocenters. The summed E-state index contributed by atoms with van der Waals surface area (Å²) in [5, 5.41) is 22.2. The summed E-state index contributed by atoms with van der Waals surface area (Å²) in [6.45, 7) is 0.439. The first-order valence-corrected chi connectivity index (χ1v) is 6.80. The first kappa shape index (κ1) is 14.0. The molecule has 0 aliphatic heterocycles. The monoisotopic (exact) mass is 263 g/mol. The Labute approximate surface area is 113 Å². The highest BCUT2D eigenvalue weighted by molar-refractivity contribution is 5.76. The number of aliphatic hydroxyl groups excluding tert-OH is 1. The van der Waals surface area contributed by atoms with Gasteiger partial charge in [-0.3, -0.25) is 4.79 Å². The molecular formula is C15H21NO3. The maximum absolute atomic E-state index is 11.4. The third-order valence-electron chi connectivity index (χ3n) is 4.04. The number of aliphatic hydroxyl groups is 1. The van der Waals surface area contributed by atoms with Crippen molar-refractivity contribution < 1.29 is 15.0 Å². The molecule has 0 amide bonds. The minimum Gasteiger partial charge on any atom is -0.481 e. The van der Waals surface area contributed by atoms with Crippen molar-refractivity contribution in [1.29, 1.82) is 0 Å². The van der Waals surface area contributed by atoms with Gasteiger partial charge in [0, 0.05) is 12.1 Å². The van der Waals surface area contributed by atoms with Crippen LogP contribution in [0.2, 0.25) is 0 Å².